The van der Waals surface area contributed by atoms with E-state index in [4.69, 9.17) is 14.0 Å². The van der Waals surface area contributed by atoms with Crippen molar-refractivity contribution in [2.24, 2.45) is 0 Å². The molecule has 0 aliphatic heterocycles. The maximum Gasteiger partial charge on any atom is 0.274 e. The maximum absolute atomic E-state index is 12.7. The zero-order chi connectivity index (χ0) is 21.8. The number of benzene rings is 2. The Bertz CT molecular complexity index is 1190. The lowest BCUT2D eigenvalue weighted by atomic mass is 10.1. The SMILES string of the molecule is COc1ccc(NC(=O)Cn2cccc2-c2nc(-c3ccc(C)cc3)no2)c(OC)c1. The Morgan fingerprint density at radius 1 is 1.10 bits per heavy atom. The maximum atomic E-state index is 12.7. The van der Waals surface area contributed by atoms with Crippen LogP contribution in [0.5, 0.6) is 11.5 Å². The number of hydrogen-bond donors (Lipinski definition) is 1. The Morgan fingerprint density at radius 3 is 2.65 bits per heavy atom. The van der Waals surface area contributed by atoms with Crippen molar-refractivity contribution < 1.29 is 18.8 Å². The molecule has 0 bridgehead atoms. The number of ether oxygens (including phenoxy) is 2. The number of amides is 1. The topological polar surface area (TPSA) is 91.4 Å². The minimum atomic E-state index is -0.223. The van der Waals surface area contributed by atoms with E-state index in [1.54, 1.807) is 36.1 Å². The highest BCUT2D eigenvalue weighted by atomic mass is 16.5. The van der Waals surface area contributed by atoms with Crippen molar-refractivity contribution in [3.63, 3.8) is 0 Å². The summed E-state index contributed by atoms with van der Waals surface area (Å²) in [4.78, 5) is 17.1. The molecule has 158 valence electrons. The van der Waals surface area contributed by atoms with E-state index in [-0.39, 0.29) is 12.5 Å². The highest BCUT2D eigenvalue weighted by Gasteiger charge is 2.16. The molecule has 0 atom stereocenters. The predicted molar refractivity (Wildman–Crippen MR) is 116 cm³/mol. The molecular formula is C23H22N4O4. The molecule has 0 fully saturated rings. The molecule has 8 nitrogen and oxygen atoms in total. The van der Waals surface area contributed by atoms with Gasteiger partial charge in [-0.25, -0.2) is 0 Å². The van der Waals surface area contributed by atoms with Crippen LogP contribution in [0.3, 0.4) is 0 Å². The van der Waals surface area contributed by atoms with Gasteiger partial charge in [-0.2, -0.15) is 4.98 Å². The van der Waals surface area contributed by atoms with Crippen molar-refractivity contribution in [3.8, 4) is 34.5 Å². The molecule has 0 radical (unpaired) electrons. The Morgan fingerprint density at radius 2 is 1.90 bits per heavy atom. The van der Waals surface area contributed by atoms with E-state index in [9.17, 15) is 4.79 Å². The molecule has 1 N–H and O–H groups in total. The molecule has 0 saturated carbocycles. The first-order chi connectivity index (χ1) is 15.1. The van der Waals surface area contributed by atoms with Gasteiger partial charge in [-0.15, -0.1) is 0 Å². The number of nitrogens with zero attached hydrogens (tertiary/aromatic N) is 3. The fourth-order valence-electron chi connectivity index (χ4n) is 3.14. The summed E-state index contributed by atoms with van der Waals surface area (Å²) >= 11 is 0. The van der Waals surface area contributed by atoms with Gasteiger partial charge in [-0.3, -0.25) is 4.79 Å². The van der Waals surface area contributed by atoms with Gasteiger partial charge in [0.25, 0.3) is 5.89 Å². The molecule has 1 amide bonds. The first kappa shape index (κ1) is 20.2. The summed E-state index contributed by atoms with van der Waals surface area (Å²) in [6, 6.07) is 16.7. The summed E-state index contributed by atoms with van der Waals surface area (Å²) < 4.78 is 17.7. The third-order valence-electron chi connectivity index (χ3n) is 4.78. The summed E-state index contributed by atoms with van der Waals surface area (Å²) in [6.45, 7) is 2.09. The third-order valence-corrected chi connectivity index (χ3v) is 4.78. The van der Waals surface area contributed by atoms with Crippen LogP contribution in [0, 0.1) is 6.92 Å². The Labute approximate surface area is 179 Å². The van der Waals surface area contributed by atoms with Crippen molar-refractivity contribution in [3.05, 3.63) is 66.4 Å². The smallest absolute Gasteiger partial charge is 0.274 e. The number of methoxy groups -OCH3 is 2. The van der Waals surface area contributed by atoms with Crippen molar-refractivity contribution in [2.45, 2.75) is 13.5 Å². The molecular weight excluding hydrogens is 396 g/mol. The molecule has 0 aliphatic carbocycles. The zero-order valence-electron chi connectivity index (χ0n) is 17.5. The van der Waals surface area contributed by atoms with Crippen molar-refractivity contribution in [1.82, 2.24) is 14.7 Å². The molecule has 0 aliphatic rings. The predicted octanol–water partition coefficient (Wildman–Crippen LogP) is 4.17. The van der Waals surface area contributed by atoms with Crippen LogP contribution < -0.4 is 14.8 Å². The molecule has 4 rings (SSSR count). The van der Waals surface area contributed by atoms with Crippen LogP contribution in [0.2, 0.25) is 0 Å². The molecule has 31 heavy (non-hydrogen) atoms. The van der Waals surface area contributed by atoms with Gasteiger partial charge in [0.15, 0.2) is 0 Å². The monoisotopic (exact) mass is 418 g/mol. The van der Waals surface area contributed by atoms with Gasteiger partial charge in [0.2, 0.25) is 11.7 Å². The van der Waals surface area contributed by atoms with Gasteiger partial charge >= 0.3 is 0 Å². The number of carbonyl (C=O) groups excluding carboxylic acids is 1. The van der Waals surface area contributed by atoms with E-state index < -0.39 is 0 Å². The highest BCUT2D eigenvalue weighted by Crippen LogP contribution is 2.29. The number of hydrogen-bond acceptors (Lipinski definition) is 6. The largest absolute Gasteiger partial charge is 0.497 e. The fourth-order valence-corrected chi connectivity index (χ4v) is 3.14. The lowest BCUT2D eigenvalue weighted by Gasteiger charge is -2.12. The highest BCUT2D eigenvalue weighted by molar-refractivity contribution is 5.92. The number of nitrogens with one attached hydrogen (secondary N) is 1. The second kappa shape index (κ2) is 8.74. The summed E-state index contributed by atoms with van der Waals surface area (Å²) in [5.74, 6) is 1.77. The summed E-state index contributed by atoms with van der Waals surface area (Å²) in [7, 11) is 3.11. The van der Waals surface area contributed by atoms with Crippen LogP contribution >= 0.6 is 0 Å². The molecule has 0 saturated heterocycles. The van der Waals surface area contributed by atoms with Gasteiger partial charge in [0, 0.05) is 17.8 Å². The van der Waals surface area contributed by atoms with Gasteiger partial charge in [-0.05, 0) is 31.2 Å². The molecule has 2 aromatic heterocycles. The number of carbonyl (C=O) groups is 1. The summed E-state index contributed by atoms with van der Waals surface area (Å²) in [5, 5.41) is 6.93. The first-order valence-electron chi connectivity index (χ1n) is 9.65. The molecule has 0 unspecified atom stereocenters. The third kappa shape index (κ3) is 4.42. The van der Waals surface area contributed by atoms with E-state index in [2.05, 4.69) is 15.5 Å². The van der Waals surface area contributed by atoms with Crippen LogP contribution in [0.25, 0.3) is 23.0 Å². The standard InChI is InChI=1S/C23H22N4O4/c1-15-6-8-16(9-7-15)22-25-23(31-26-22)19-5-4-12-27(19)14-21(28)24-18-11-10-17(29-2)13-20(18)30-3/h4-13H,14H2,1-3H3,(H,24,28). The van der Waals surface area contributed by atoms with E-state index in [0.29, 0.717) is 34.6 Å². The van der Waals surface area contributed by atoms with E-state index in [0.717, 1.165) is 11.1 Å². The Hall–Kier alpha value is -4.07. The summed E-state index contributed by atoms with van der Waals surface area (Å²) in [6.07, 6.45) is 1.79. The minimum absolute atomic E-state index is 0.0692. The number of aryl methyl sites for hydroxylation is 1. The average Bonchev–Trinajstić information content (AvgIpc) is 3.44. The molecule has 2 heterocycles. The molecule has 2 aromatic carbocycles. The second-order valence-corrected chi connectivity index (χ2v) is 6.92. The fraction of sp³-hybridized carbons (Fsp3) is 0.174. The lowest BCUT2D eigenvalue weighted by Crippen LogP contribution is -2.19. The Kier molecular flexibility index (Phi) is 5.70. The van der Waals surface area contributed by atoms with Gasteiger partial charge in [0.05, 0.1) is 19.9 Å². The Balaban J connectivity index is 1.50. The summed E-state index contributed by atoms with van der Waals surface area (Å²) in [5.41, 5.74) is 3.23. The quantitative estimate of drug-likeness (QED) is 0.484. The van der Waals surface area contributed by atoms with Crippen LogP contribution in [-0.2, 0) is 11.3 Å². The van der Waals surface area contributed by atoms with Gasteiger partial charge < -0.3 is 23.9 Å². The van der Waals surface area contributed by atoms with Crippen LogP contribution in [0.1, 0.15) is 5.56 Å². The average molecular weight is 418 g/mol. The first-order valence-corrected chi connectivity index (χ1v) is 9.65. The van der Waals surface area contributed by atoms with Gasteiger partial charge in [0.1, 0.15) is 23.7 Å². The van der Waals surface area contributed by atoms with Gasteiger partial charge in [-0.1, -0.05) is 35.0 Å². The van der Waals surface area contributed by atoms with E-state index >= 15 is 0 Å². The lowest BCUT2D eigenvalue weighted by molar-refractivity contribution is -0.116. The van der Waals surface area contributed by atoms with Crippen molar-refractivity contribution in [1.29, 1.82) is 0 Å². The van der Waals surface area contributed by atoms with E-state index in [1.165, 1.54) is 7.11 Å². The molecule has 0 spiro atoms. The number of rotatable bonds is 7. The normalized spacial score (nSPS) is 10.7. The van der Waals surface area contributed by atoms with E-state index in [1.807, 2.05) is 43.3 Å². The van der Waals surface area contributed by atoms with Crippen LogP contribution in [0.15, 0.2) is 65.3 Å². The van der Waals surface area contributed by atoms with Crippen molar-refractivity contribution >= 4 is 11.6 Å². The second-order valence-electron chi connectivity index (χ2n) is 6.92. The number of anilines is 1. The van der Waals surface area contributed by atoms with Crippen LogP contribution in [0.4, 0.5) is 5.69 Å². The molecule has 4 aromatic rings. The molecule has 8 heteroatoms. The zero-order valence-corrected chi connectivity index (χ0v) is 17.5. The van der Waals surface area contributed by atoms with Crippen molar-refractivity contribution in [2.75, 3.05) is 19.5 Å². The number of aromatic nitrogens is 3. The minimum Gasteiger partial charge on any atom is -0.497 e. The van der Waals surface area contributed by atoms with Crippen LogP contribution in [-0.4, -0.2) is 34.8 Å².